The first-order valence-electron chi connectivity index (χ1n) is 13.2. The quantitative estimate of drug-likeness (QED) is 0.434. The Morgan fingerprint density at radius 1 is 1.21 bits per heavy atom. The van der Waals surface area contributed by atoms with Gasteiger partial charge in [-0.25, -0.2) is 9.18 Å². The maximum atomic E-state index is 14.1. The van der Waals surface area contributed by atoms with Crippen molar-refractivity contribution in [3.8, 4) is 11.5 Å². The lowest BCUT2D eigenvalue weighted by Gasteiger charge is -2.38. The molecule has 0 aromatic heterocycles. The normalized spacial score (nSPS) is 19.8. The summed E-state index contributed by atoms with van der Waals surface area (Å²) in [6.07, 6.45) is 1.08. The van der Waals surface area contributed by atoms with E-state index in [1.165, 1.54) is 0 Å². The van der Waals surface area contributed by atoms with Crippen LogP contribution in [0.3, 0.4) is 0 Å². The lowest BCUT2D eigenvalue weighted by atomic mass is 9.99. The monoisotopic (exact) mass is 526 g/mol. The zero-order valence-electron chi connectivity index (χ0n) is 22.5. The number of carbonyl (C=O) groups excluding carboxylic acids is 1. The number of nitrogens with two attached hydrogens (primary N) is 1. The SMILES string of the molecule is CCCN1CCN(C(=O)N2C(c3ccc(C(C)(N)NC)cc3OCCF)=NC[C@H]2c2ccc(O)cc2)CC1. The molecule has 4 rings (SSSR count). The molecule has 0 radical (unpaired) electrons. The van der Waals surface area contributed by atoms with Crippen LogP contribution in [0.15, 0.2) is 47.5 Å². The number of piperazine rings is 1. The molecule has 38 heavy (non-hydrogen) atoms. The smallest absolute Gasteiger partial charge is 0.326 e. The van der Waals surface area contributed by atoms with Gasteiger partial charge in [-0.05, 0) is 62.3 Å². The van der Waals surface area contributed by atoms with Crippen molar-refractivity contribution >= 4 is 11.9 Å². The molecule has 2 aliphatic heterocycles. The number of phenolic OH excluding ortho intramolecular Hbond substituents is 1. The number of aliphatic imine (C=N–C) groups is 1. The average molecular weight is 527 g/mol. The van der Waals surface area contributed by atoms with Gasteiger partial charge in [0, 0.05) is 26.2 Å². The number of amides is 2. The number of nitrogens with one attached hydrogen (secondary N) is 1. The number of carbonyl (C=O) groups is 1. The van der Waals surface area contributed by atoms with Crippen molar-refractivity contribution in [2.24, 2.45) is 10.7 Å². The lowest BCUT2D eigenvalue weighted by molar-refractivity contribution is 0.121. The number of hydrogen-bond donors (Lipinski definition) is 3. The van der Waals surface area contributed by atoms with E-state index in [-0.39, 0.29) is 24.4 Å². The molecule has 1 fully saturated rings. The summed E-state index contributed by atoms with van der Waals surface area (Å²) in [5.74, 6) is 1.06. The van der Waals surface area contributed by atoms with E-state index in [9.17, 15) is 14.3 Å². The molecule has 10 heteroatoms. The van der Waals surface area contributed by atoms with Crippen molar-refractivity contribution in [1.29, 1.82) is 0 Å². The van der Waals surface area contributed by atoms with Gasteiger partial charge in [0.2, 0.25) is 0 Å². The Kier molecular flexibility index (Phi) is 8.86. The number of ether oxygens (including phenoxy) is 1. The number of nitrogens with zero attached hydrogens (tertiary/aromatic N) is 4. The molecule has 1 saturated heterocycles. The van der Waals surface area contributed by atoms with Crippen LogP contribution in [0.25, 0.3) is 0 Å². The summed E-state index contributed by atoms with van der Waals surface area (Å²) in [7, 11) is 1.76. The summed E-state index contributed by atoms with van der Waals surface area (Å²) < 4.78 is 19.0. The van der Waals surface area contributed by atoms with Gasteiger partial charge in [0.25, 0.3) is 0 Å². The summed E-state index contributed by atoms with van der Waals surface area (Å²) in [5.41, 5.74) is 7.79. The number of hydrogen-bond acceptors (Lipinski definition) is 7. The van der Waals surface area contributed by atoms with Crippen molar-refractivity contribution in [2.75, 3.05) is 59.6 Å². The van der Waals surface area contributed by atoms with Gasteiger partial charge in [0.05, 0.1) is 23.8 Å². The fourth-order valence-electron chi connectivity index (χ4n) is 4.94. The molecule has 0 spiro atoms. The highest BCUT2D eigenvalue weighted by molar-refractivity contribution is 6.10. The highest BCUT2D eigenvalue weighted by Gasteiger charge is 2.39. The molecular weight excluding hydrogens is 487 g/mol. The van der Waals surface area contributed by atoms with Gasteiger partial charge in [0.15, 0.2) is 0 Å². The second kappa shape index (κ2) is 12.1. The lowest BCUT2D eigenvalue weighted by Crippen LogP contribution is -2.54. The highest BCUT2D eigenvalue weighted by atomic mass is 19.1. The first-order valence-corrected chi connectivity index (χ1v) is 13.2. The van der Waals surface area contributed by atoms with Crippen molar-refractivity contribution in [1.82, 2.24) is 20.0 Å². The number of benzene rings is 2. The maximum absolute atomic E-state index is 14.1. The van der Waals surface area contributed by atoms with E-state index in [2.05, 4.69) is 17.1 Å². The van der Waals surface area contributed by atoms with Crippen LogP contribution < -0.4 is 15.8 Å². The van der Waals surface area contributed by atoms with Crippen molar-refractivity contribution in [2.45, 2.75) is 32.0 Å². The molecule has 0 aliphatic carbocycles. The first-order chi connectivity index (χ1) is 18.3. The largest absolute Gasteiger partial charge is 0.508 e. The van der Waals surface area contributed by atoms with E-state index in [0.29, 0.717) is 36.8 Å². The minimum Gasteiger partial charge on any atom is -0.508 e. The first kappa shape index (κ1) is 27.8. The number of aromatic hydroxyl groups is 1. The van der Waals surface area contributed by atoms with Crippen LogP contribution in [0.5, 0.6) is 11.5 Å². The Labute approximate surface area is 224 Å². The Hall–Kier alpha value is -3.21. The van der Waals surface area contributed by atoms with E-state index in [4.69, 9.17) is 15.5 Å². The standard InChI is InChI=1S/C28H39FN6O3/c1-4-12-33-13-15-34(16-14-33)27(37)35-24(20-5-8-22(36)9-6-20)19-32-26(35)23-10-7-21(28(2,30)31-3)18-25(23)38-17-11-29/h5-10,18,24,31,36H,4,11-17,19,30H2,1-3H3/t24-,28?/m0/s1. The molecule has 1 unspecified atom stereocenters. The van der Waals surface area contributed by atoms with Crippen LogP contribution in [0.1, 0.15) is 43.0 Å². The summed E-state index contributed by atoms with van der Waals surface area (Å²) in [4.78, 5) is 24.8. The van der Waals surface area contributed by atoms with E-state index in [1.54, 1.807) is 30.1 Å². The zero-order chi connectivity index (χ0) is 27.3. The molecule has 0 bridgehead atoms. The molecule has 206 valence electrons. The molecule has 2 aromatic carbocycles. The van der Waals surface area contributed by atoms with Gasteiger partial charge in [0.1, 0.15) is 30.6 Å². The van der Waals surface area contributed by atoms with E-state index in [1.807, 2.05) is 36.1 Å². The van der Waals surface area contributed by atoms with E-state index >= 15 is 0 Å². The molecular formula is C28H39FN6O3. The maximum Gasteiger partial charge on any atom is 0.326 e. The van der Waals surface area contributed by atoms with Crippen LogP contribution in [0.4, 0.5) is 9.18 Å². The third kappa shape index (κ3) is 5.92. The van der Waals surface area contributed by atoms with Gasteiger partial charge < -0.3 is 20.5 Å². The second-order valence-electron chi connectivity index (χ2n) is 9.95. The molecule has 4 N–H and O–H groups in total. The highest BCUT2D eigenvalue weighted by Crippen LogP contribution is 2.35. The molecule has 2 amide bonds. The van der Waals surface area contributed by atoms with Gasteiger partial charge in [-0.2, -0.15) is 0 Å². The molecule has 9 nitrogen and oxygen atoms in total. The van der Waals surface area contributed by atoms with Crippen molar-refractivity contribution in [3.63, 3.8) is 0 Å². The van der Waals surface area contributed by atoms with E-state index in [0.717, 1.165) is 37.2 Å². The average Bonchev–Trinajstić information content (AvgIpc) is 3.37. The van der Waals surface area contributed by atoms with Crippen molar-refractivity contribution < 1.29 is 19.0 Å². The number of amidine groups is 1. The van der Waals surface area contributed by atoms with Gasteiger partial charge in [-0.3, -0.25) is 20.1 Å². The van der Waals surface area contributed by atoms with Gasteiger partial charge in [-0.15, -0.1) is 0 Å². The number of phenols is 1. The number of halogens is 1. The van der Waals surface area contributed by atoms with Crippen LogP contribution >= 0.6 is 0 Å². The summed E-state index contributed by atoms with van der Waals surface area (Å²) >= 11 is 0. The topological polar surface area (TPSA) is 107 Å². The predicted octanol–water partition coefficient (Wildman–Crippen LogP) is 3.04. The predicted molar refractivity (Wildman–Crippen MR) is 146 cm³/mol. The molecule has 2 atom stereocenters. The third-order valence-electron chi connectivity index (χ3n) is 7.30. The number of alkyl halides is 1. The second-order valence-corrected chi connectivity index (χ2v) is 9.95. The van der Waals surface area contributed by atoms with Gasteiger partial charge >= 0.3 is 6.03 Å². The van der Waals surface area contributed by atoms with Crippen LogP contribution in [-0.2, 0) is 5.66 Å². The Morgan fingerprint density at radius 2 is 1.92 bits per heavy atom. The van der Waals surface area contributed by atoms with Crippen molar-refractivity contribution in [3.05, 3.63) is 59.2 Å². The number of rotatable bonds is 9. The summed E-state index contributed by atoms with van der Waals surface area (Å²) in [6.45, 7) is 7.49. The Morgan fingerprint density at radius 3 is 2.55 bits per heavy atom. The molecule has 2 aromatic rings. The zero-order valence-corrected chi connectivity index (χ0v) is 22.5. The minimum atomic E-state index is -0.827. The third-order valence-corrected chi connectivity index (χ3v) is 7.30. The number of urea groups is 1. The Balaban J connectivity index is 1.71. The molecule has 2 heterocycles. The fourth-order valence-corrected chi connectivity index (χ4v) is 4.94. The van der Waals surface area contributed by atoms with Gasteiger partial charge in [-0.1, -0.05) is 25.1 Å². The summed E-state index contributed by atoms with van der Waals surface area (Å²) in [5, 5.41) is 12.9. The fraction of sp³-hybridized carbons (Fsp3) is 0.500. The molecule has 2 aliphatic rings. The van der Waals surface area contributed by atoms with E-state index < -0.39 is 12.3 Å². The van der Waals surface area contributed by atoms with Crippen LogP contribution in [0.2, 0.25) is 0 Å². The van der Waals surface area contributed by atoms with Crippen LogP contribution in [0, 0.1) is 0 Å². The summed E-state index contributed by atoms with van der Waals surface area (Å²) in [6, 6.07) is 11.9. The molecule has 0 saturated carbocycles. The Bertz CT molecular complexity index is 1130. The minimum absolute atomic E-state index is 0.126. The van der Waals surface area contributed by atoms with Crippen LogP contribution in [-0.4, -0.2) is 91.3 Å².